The number of amides is 1. The number of rotatable bonds is 6. The van der Waals surface area contributed by atoms with Gasteiger partial charge in [-0.25, -0.2) is 0 Å². The van der Waals surface area contributed by atoms with Gasteiger partial charge in [-0.1, -0.05) is 43.5 Å². The minimum Gasteiger partial charge on any atom is -0.459 e. The van der Waals surface area contributed by atoms with Crippen LogP contribution in [0, 0.1) is 11.8 Å². The van der Waals surface area contributed by atoms with Crippen LogP contribution < -0.4 is 0 Å². The summed E-state index contributed by atoms with van der Waals surface area (Å²) in [6, 6.07) is 7.75. The fourth-order valence-corrected chi connectivity index (χ4v) is 4.33. The van der Waals surface area contributed by atoms with Gasteiger partial charge in [-0.15, -0.1) is 0 Å². The summed E-state index contributed by atoms with van der Waals surface area (Å²) in [4.78, 5) is 15.1. The molecule has 29 heavy (non-hydrogen) atoms. The maximum Gasteiger partial charge on any atom is 0.288 e. The predicted molar refractivity (Wildman–Crippen MR) is 111 cm³/mol. The van der Waals surface area contributed by atoms with Gasteiger partial charge < -0.3 is 19.5 Å². The van der Waals surface area contributed by atoms with Crippen LogP contribution >= 0.6 is 0 Å². The average Bonchev–Trinajstić information content (AvgIpc) is 3.57. The summed E-state index contributed by atoms with van der Waals surface area (Å²) in [5.41, 5.74) is 1.93. The van der Waals surface area contributed by atoms with E-state index in [-0.39, 0.29) is 18.8 Å². The van der Waals surface area contributed by atoms with E-state index in [1.807, 2.05) is 29.2 Å². The molecular weight excluding hydrogens is 366 g/mol. The fraction of sp³-hybridized carbons (Fsp3) is 0.625. The highest BCUT2D eigenvalue weighted by Gasteiger charge is 2.38. The molecule has 2 atom stereocenters. The summed E-state index contributed by atoms with van der Waals surface area (Å²) in [6.45, 7) is 2.15. The van der Waals surface area contributed by atoms with Gasteiger partial charge in [-0.05, 0) is 54.7 Å². The van der Waals surface area contributed by atoms with Gasteiger partial charge in [0.1, 0.15) is 0 Å². The smallest absolute Gasteiger partial charge is 0.288 e. The van der Waals surface area contributed by atoms with Crippen LogP contribution in [0.2, 0.25) is 0 Å². The van der Waals surface area contributed by atoms with E-state index in [4.69, 9.17) is 9.47 Å². The van der Waals surface area contributed by atoms with Gasteiger partial charge in [0.25, 0.3) is 5.91 Å². The van der Waals surface area contributed by atoms with Crippen molar-refractivity contribution < 1.29 is 19.4 Å². The standard InChI is InChI=1S/C24H33NO4/c26-16-18-6-8-19(9-7-18)17-28-23-15-21(20-10-11-20)14-22(29-23)24(27)25-12-4-2-1-3-5-13-25/h6-9,14,20-21,23,26H,1-5,10-13,15-17H2/t21-,23+/m1/s1. The van der Waals surface area contributed by atoms with Crippen molar-refractivity contribution >= 4 is 5.91 Å². The quantitative estimate of drug-likeness (QED) is 0.781. The number of ether oxygens (including phenoxy) is 2. The van der Waals surface area contributed by atoms with E-state index in [9.17, 15) is 9.90 Å². The molecule has 1 amide bonds. The molecule has 4 rings (SSSR count). The van der Waals surface area contributed by atoms with E-state index < -0.39 is 0 Å². The zero-order chi connectivity index (χ0) is 20.1. The van der Waals surface area contributed by atoms with Crippen molar-refractivity contribution in [1.82, 2.24) is 4.90 Å². The molecule has 1 aromatic rings. The van der Waals surface area contributed by atoms with Crippen molar-refractivity contribution in [3.05, 3.63) is 47.2 Å². The minimum absolute atomic E-state index is 0.0400. The van der Waals surface area contributed by atoms with Crippen LogP contribution in [0.3, 0.4) is 0 Å². The molecule has 3 aliphatic rings. The van der Waals surface area contributed by atoms with Gasteiger partial charge >= 0.3 is 0 Å². The van der Waals surface area contributed by atoms with E-state index >= 15 is 0 Å². The predicted octanol–water partition coefficient (Wildman–Crippen LogP) is 4.14. The Labute approximate surface area is 173 Å². The molecule has 5 nitrogen and oxygen atoms in total. The molecule has 0 spiro atoms. The molecule has 5 heteroatoms. The zero-order valence-corrected chi connectivity index (χ0v) is 17.2. The Kier molecular flexibility index (Phi) is 6.88. The lowest BCUT2D eigenvalue weighted by Crippen LogP contribution is -2.38. The third-order valence-corrected chi connectivity index (χ3v) is 6.31. The zero-order valence-electron chi connectivity index (χ0n) is 17.2. The van der Waals surface area contributed by atoms with E-state index in [1.165, 1.54) is 32.1 Å². The molecule has 1 aromatic carbocycles. The Morgan fingerprint density at radius 2 is 1.69 bits per heavy atom. The van der Waals surface area contributed by atoms with Gasteiger partial charge in [0.05, 0.1) is 13.2 Å². The average molecular weight is 400 g/mol. The van der Waals surface area contributed by atoms with E-state index in [0.29, 0.717) is 24.2 Å². The van der Waals surface area contributed by atoms with Crippen molar-refractivity contribution in [2.75, 3.05) is 13.1 Å². The van der Waals surface area contributed by atoms with Gasteiger partial charge in [0.2, 0.25) is 6.29 Å². The molecule has 2 heterocycles. The molecule has 2 fully saturated rings. The Hall–Kier alpha value is -1.85. The van der Waals surface area contributed by atoms with Crippen LogP contribution in [0.5, 0.6) is 0 Å². The van der Waals surface area contributed by atoms with Crippen LogP contribution in [-0.4, -0.2) is 35.3 Å². The number of carbonyl (C=O) groups is 1. The largest absolute Gasteiger partial charge is 0.459 e. The van der Waals surface area contributed by atoms with Gasteiger partial charge in [0, 0.05) is 19.5 Å². The second-order valence-electron chi connectivity index (χ2n) is 8.66. The summed E-state index contributed by atoms with van der Waals surface area (Å²) in [5, 5.41) is 9.18. The summed E-state index contributed by atoms with van der Waals surface area (Å²) in [5.74, 6) is 1.58. The summed E-state index contributed by atoms with van der Waals surface area (Å²) < 4.78 is 12.1. The van der Waals surface area contributed by atoms with E-state index in [1.54, 1.807) is 0 Å². The molecule has 1 aliphatic carbocycles. The van der Waals surface area contributed by atoms with Crippen LogP contribution in [-0.2, 0) is 27.5 Å². The fourth-order valence-electron chi connectivity index (χ4n) is 4.33. The summed E-state index contributed by atoms with van der Waals surface area (Å²) in [7, 11) is 0. The number of likely N-dealkylation sites (tertiary alicyclic amines) is 1. The van der Waals surface area contributed by atoms with Crippen molar-refractivity contribution in [3.63, 3.8) is 0 Å². The Morgan fingerprint density at radius 1 is 1.03 bits per heavy atom. The van der Waals surface area contributed by atoms with Crippen LogP contribution in [0.1, 0.15) is 62.5 Å². The highest BCUT2D eigenvalue weighted by Crippen LogP contribution is 2.43. The number of nitrogens with zero attached hydrogens (tertiary/aromatic N) is 1. The topological polar surface area (TPSA) is 59.0 Å². The Morgan fingerprint density at radius 3 is 2.34 bits per heavy atom. The first-order valence-corrected chi connectivity index (χ1v) is 11.2. The minimum atomic E-state index is -0.378. The number of allylic oxidation sites excluding steroid dienone is 1. The number of aliphatic hydroxyl groups excluding tert-OH is 1. The third kappa shape index (κ3) is 5.61. The van der Waals surface area contributed by atoms with Crippen molar-refractivity contribution in [3.8, 4) is 0 Å². The molecular formula is C24H33NO4. The molecule has 1 N–H and O–H groups in total. The molecule has 1 saturated heterocycles. The van der Waals surface area contributed by atoms with Crippen molar-refractivity contribution in [2.45, 2.75) is 70.9 Å². The molecule has 0 radical (unpaired) electrons. The van der Waals surface area contributed by atoms with E-state index in [0.717, 1.165) is 43.5 Å². The molecule has 2 aliphatic heterocycles. The molecule has 0 unspecified atom stereocenters. The van der Waals surface area contributed by atoms with Crippen LogP contribution in [0.15, 0.2) is 36.1 Å². The van der Waals surface area contributed by atoms with Crippen molar-refractivity contribution in [2.24, 2.45) is 11.8 Å². The van der Waals surface area contributed by atoms with Crippen LogP contribution in [0.4, 0.5) is 0 Å². The van der Waals surface area contributed by atoms with E-state index in [2.05, 4.69) is 6.08 Å². The lowest BCUT2D eigenvalue weighted by atomic mass is 9.96. The number of hydrogen-bond acceptors (Lipinski definition) is 4. The molecule has 0 aromatic heterocycles. The lowest BCUT2D eigenvalue weighted by molar-refractivity contribution is -0.159. The normalized spacial score (nSPS) is 25.6. The number of aliphatic hydroxyl groups is 1. The van der Waals surface area contributed by atoms with Crippen molar-refractivity contribution in [1.29, 1.82) is 0 Å². The Bertz CT molecular complexity index is 702. The first-order chi connectivity index (χ1) is 14.2. The molecule has 1 saturated carbocycles. The Balaban J connectivity index is 1.39. The summed E-state index contributed by atoms with van der Waals surface area (Å²) >= 11 is 0. The van der Waals surface area contributed by atoms with Gasteiger partial charge in [-0.2, -0.15) is 0 Å². The third-order valence-electron chi connectivity index (χ3n) is 6.31. The maximum atomic E-state index is 13.2. The highest BCUT2D eigenvalue weighted by molar-refractivity contribution is 5.91. The molecule has 0 bridgehead atoms. The first kappa shape index (κ1) is 20.4. The highest BCUT2D eigenvalue weighted by atomic mass is 16.7. The lowest BCUT2D eigenvalue weighted by Gasteiger charge is -2.32. The first-order valence-electron chi connectivity index (χ1n) is 11.2. The number of benzene rings is 1. The summed E-state index contributed by atoms with van der Waals surface area (Å²) in [6.07, 6.45) is 10.8. The maximum absolute atomic E-state index is 13.2. The second kappa shape index (κ2) is 9.77. The number of carbonyl (C=O) groups excluding carboxylic acids is 1. The van der Waals surface area contributed by atoms with Crippen LogP contribution in [0.25, 0.3) is 0 Å². The molecule has 158 valence electrons. The van der Waals surface area contributed by atoms with Gasteiger partial charge in [-0.3, -0.25) is 4.79 Å². The second-order valence-corrected chi connectivity index (χ2v) is 8.66. The SMILES string of the molecule is O=C(C1=C[C@@H](C2CC2)C[C@@H](OCc2ccc(CO)cc2)O1)N1CCCCCCC1. The van der Waals surface area contributed by atoms with Gasteiger partial charge in [0.15, 0.2) is 5.76 Å². The number of hydrogen-bond donors (Lipinski definition) is 1. The monoisotopic (exact) mass is 399 g/mol.